The normalized spacial score (nSPS) is 19.7. The Labute approximate surface area is 77.7 Å². The van der Waals surface area contributed by atoms with Crippen LogP contribution in [0.1, 0.15) is 12.8 Å². The SMILES string of the molecule is O=C(OCC1=CCCC=C1)N1CC1. The summed E-state index contributed by atoms with van der Waals surface area (Å²) in [6, 6.07) is 0. The average Bonchev–Trinajstić information content (AvgIpc) is 2.99. The molecule has 0 bridgehead atoms. The van der Waals surface area contributed by atoms with E-state index in [1.807, 2.05) is 6.08 Å². The third-order valence-electron chi connectivity index (χ3n) is 2.14. The molecule has 1 aliphatic carbocycles. The fourth-order valence-electron chi connectivity index (χ4n) is 1.24. The van der Waals surface area contributed by atoms with Gasteiger partial charge < -0.3 is 9.64 Å². The van der Waals surface area contributed by atoms with Crippen molar-refractivity contribution >= 4 is 6.09 Å². The first-order chi connectivity index (χ1) is 6.36. The first kappa shape index (κ1) is 8.35. The number of rotatable bonds is 2. The first-order valence-corrected chi connectivity index (χ1v) is 4.63. The van der Waals surface area contributed by atoms with E-state index < -0.39 is 0 Å². The van der Waals surface area contributed by atoms with Gasteiger partial charge in [-0.25, -0.2) is 4.79 Å². The number of hydrogen-bond acceptors (Lipinski definition) is 2. The van der Waals surface area contributed by atoms with Gasteiger partial charge in [0.25, 0.3) is 0 Å². The summed E-state index contributed by atoms with van der Waals surface area (Å²) in [5.41, 5.74) is 1.11. The second kappa shape index (κ2) is 3.64. The van der Waals surface area contributed by atoms with Crippen LogP contribution in [0.2, 0.25) is 0 Å². The summed E-state index contributed by atoms with van der Waals surface area (Å²) < 4.78 is 5.07. The molecule has 0 unspecified atom stereocenters. The smallest absolute Gasteiger partial charge is 0.410 e. The molecule has 2 aliphatic rings. The van der Waals surface area contributed by atoms with E-state index in [1.54, 1.807) is 4.90 Å². The second-order valence-electron chi connectivity index (χ2n) is 3.30. The highest BCUT2D eigenvalue weighted by molar-refractivity contribution is 5.70. The summed E-state index contributed by atoms with van der Waals surface area (Å²) >= 11 is 0. The van der Waals surface area contributed by atoms with Crippen LogP contribution in [0, 0.1) is 0 Å². The number of carbonyl (C=O) groups is 1. The number of nitrogens with zero attached hydrogens (tertiary/aromatic N) is 1. The minimum atomic E-state index is -0.181. The van der Waals surface area contributed by atoms with Crippen molar-refractivity contribution in [1.82, 2.24) is 4.90 Å². The standard InChI is InChI=1S/C10H13NO2/c12-10(11-6-7-11)13-8-9-4-2-1-3-5-9/h2,4-5H,1,3,6-8H2. The molecule has 1 aliphatic heterocycles. The van der Waals surface area contributed by atoms with Gasteiger partial charge in [-0.3, -0.25) is 0 Å². The third kappa shape index (κ3) is 2.34. The van der Waals surface area contributed by atoms with Crippen LogP contribution in [0.5, 0.6) is 0 Å². The highest BCUT2D eigenvalue weighted by atomic mass is 16.6. The van der Waals surface area contributed by atoms with Gasteiger partial charge in [0.2, 0.25) is 0 Å². The van der Waals surface area contributed by atoms with Crippen molar-refractivity contribution in [2.45, 2.75) is 12.8 Å². The number of allylic oxidation sites excluding steroid dienone is 2. The Hall–Kier alpha value is -1.25. The van der Waals surface area contributed by atoms with Crippen LogP contribution < -0.4 is 0 Å². The Kier molecular flexibility index (Phi) is 2.34. The fourth-order valence-corrected chi connectivity index (χ4v) is 1.24. The van der Waals surface area contributed by atoms with Crippen molar-refractivity contribution in [2.75, 3.05) is 19.7 Å². The lowest BCUT2D eigenvalue weighted by molar-refractivity contribution is 0.141. The van der Waals surface area contributed by atoms with Gasteiger partial charge in [-0.2, -0.15) is 0 Å². The summed E-state index contributed by atoms with van der Waals surface area (Å²) in [5, 5.41) is 0. The molecule has 70 valence electrons. The van der Waals surface area contributed by atoms with Crippen molar-refractivity contribution in [3.8, 4) is 0 Å². The Morgan fingerprint density at radius 1 is 1.46 bits per heavy atom. The van der Waals surface area contributed by atoms with E-state index in [0.29, 0.717) is 6.61 Å². The Bertz CT molecular complexity index is 264. The Morgan fingerprint density at radius 3 is 2.92 bits per heavy atom. The van der Waals surface area contributed by atoms with E-state index in [9.17, 15) is 4.79 Å². The number of amides is 1. The molecule has 0 aromatic carbocycles. The van der Waals surface area contributed by atoms with Crippen LogP contribution >= 0.6 is 0 Å². The largest absolute Gasteiger partial charge is 0.445 e. The molecule has 0 atom stereocenters. The lowest BCUT2D eigenvalue weighted by Gasteiger charge is -2.08. The third-order valence-corrected chi connectivity index (χ3v) is 2.14. The van der Waals surface area contributed by atoms with Gasteiger partial charge in [0, 0.05) is 13.1 Å². The predicted octanol–water partition coefficient (Wildman–Crippen LogP) is 1.72. The van der Waals surface area contributed by atoms with Crippen molar-refractivity contribution in [2.24, 2.45) is 0 Å². The van der Waals surface area contributed by atoms with Crippen LogP contribution in [0.3, 0.4) is 0 Å². The maximum atomic E-state index is 11.1. The van der Waals surface area contributed by atoms with Gasteiger partial charge in [-0.1, -0.05) is 18.2 Å². The first-order valence-electron chi connectivity index (χ1n) is 4.63. The maximum Gasteiger partial charge on any atom is 0.410 e. The number of hydrogen-bond donors (Lipinski definition) is 0. The van der Waals surface area contributed by atoms with E-state index >= 15 is 0 Å². The monoisotopic (exact) mass is 179 g/mol. The van der Waals surface area contributed by atoms with E-state index in [2.05, 4.69) is 12.2 Å². The van der Waals surface area contributed by atoms with E-state index in [1.165, 1.54) is 0 Å². The van der Waals surface area contributed by atoms with Crippen molar-refractivity contribution in [3.63, 3.8) is 0 Å². The van der Waals surface area contributed by atoms with Gasteiger partial charge in [0.1, 0.15) is 6.61 Å². The van der Waals surface area contributed by atoms with Crippen LogP contribution in [0.25, 0.3) is 0 Å². The van der Waals surface area contributed by atoms with Crippen molar-refractivity contribution in [3.05, 3.63) is 23.8 Å². The second-order valence-corrected chi connectivity index (χ2v) is 3.30. The van der Waals surface area contributed by atoms with E-state index in [4.69, 9.17) is 4.74 Å². The highest BCUT2D eigenvalue weighted by Crippen LogP contribution is 2.12. The van der Waals surface area contributed by atoms with Crippen LogP contribution in [0.15, 0.2) is 23.8 Å². The molecule has 1 fully saturated rings. The zero-order chi connectivity index (χ0) is 9.10. The van der Waals surface area contributed by atoms with Gasteiger partial charge in [0.05, 0.1) is 0 Å². The summed E-state index contributed by atoms with van der Waals surface area (Å²) in [6.45, 7) is 2.13. The molecule has 0 radical (unpaired) electrons. The molecule has 0 spiro atoms. The average molecular weight is 179 g/mol. The Morgan fingerprint density at radius 2 is 2.31 bits per heavy atom. The molecular weight excluding hydrogens is 166 g/mol. The summed E-state index contributed by atoms with van der Waals surface area (Å²) in [5.74, 6) is 0. The minimum Gasteiger partial charge on any atom is -0.445 e. The van der Waals surface area contributed by atoms with Gasteiger partial charge in [0.15, 0.2) is 0 Å². The molecule has 13 heavy (non-hydrogen) atoms. The van der Waals surface area contributed by atoms with E-state index in [-0.39, 0.29) is 6.09 Å². The quantitative estimate of drug-likeness (QED) is 0.604. The summed E-state index contributed by atoms with van der Waals surface area (Å²) in [6.07, 6.45) is 8.24. The molecule has 0 aromatic heterocycles. The molecule has 1 saturated heterocycles. The molecule has 3 heteroatoms. The van der Waals surface area contributed by atoms with Crippen molar-refractivity contribution in [1.29, 1.82) is 0 Å². The highest BCUT2D eigenvalue weighted by Gasteiger charge is 2.25. The Balaban J connectivity index is 1.74. The summed E-state index contributed by atoms with van der Waals surface area (Å²) in [7, 11) is 0. The molecule has 1 heterocycles. The lowest BCUT2D eigenvalue weighted by Crippen LogP contribution is -2.14. The molecule has 0 saturated carbocycles. The molecule has 2 rings (SSSR count). The lowest BCUT2D eigenvalue weighted by atomic mass is 10.1. The predicted molar refractivity (Wildman–Crippen MR) is 49.4 cm³/mol. The zero-order valence-electron chi connectivity index (χ0n) is 7.53. The van der Waals surface area contributed by atoms with Crippen molar-refractivity contribution < 1.29 is 9.53 Å². The van der Waals surface area contributed by atoms with E-state index in [0.717, 1.165) is 31.5 Å². The van der Waals surface area contributed by atoms with Crippen LogP contribution in [-0.4, -0.2) is 30.7 Å². The van der Waals surface area contributed by atoms with Gasteiger partial charge in [-0.15, -0.1) is 0 Å². The van der Waals surface area contributed by atoms with Gasteiger partial charge in [-0.05, 0) is 18.4 Å². The number of carbonyl (C=O) groups excluding carboxylic acids is 1. The summed E-state index contributed by atoms with van der Waals surface area (Å²) in [4.78, 5) is 12.8. The number of ether oxygens (including phenoxy) is 1. The molecule has 1 amide bonds. The fraction of sp³-hybridized carbons (Fsp3) is 0.500. The molecule has 0 N–H and O–H groups in total. The van der Waals surface area contributed by atoms with Crippen LogP contribution in [-0.2, 0) is 4.74 Å². The van der Waals surface area contributed by atoms with Crippen LogP contribution in [0.4, 0.5) is 4.79 Å². The maximum absolute atomic E-state index is 11.1. The molecule has 3 nitrogen and oxygen atoms in total. The van der Waals surface area contributed by atoms with Gasteiger partial charge >= 0.3 is 6.09 Å². The molecular formula is C10H13NO2. The zero-order valence-corrected chi connectivity index (χ0v) is 7.53. The topological polar surface area (TPSA) is 29.3 Å². The molecule has 0 aromatic rings. The minimum absolute atomic E-state index is 0.181.